The summed E-state index contributed by atoms with van der Waals surface area (Å²) in [6.45, 7) is 8.01. The largest absolute Gasteiger partial charge is 0.298 e. The molecule has 100 valence electrons. The molecule has 1 atom stereocenters. The Morgan fingerprint density at radius 3 is 2.94 bits per heavy atom. The van der Waals surface area contributed by atoms with Crippen molar-refractivity contribution in [2.75, 3.05) is 13.1 Å². The lowest BCUT2D eigenvalue weighted by atomic mass is 9.89. The zero-order valence-electron chi connectivity index (χ0n) is 11.4. The minimum Gasteiger partial charge on any atom is -0.298 e. The Kier molecular flexibility index (Phi) is 5.02. The number of nitrogens with zero attached hydrogens (tertiary/aromatic N) is 2. The first-order chi connectivity index (χ1) is 8.65. The van der Waals surface area contributed by atoms with Gasteiger partial charge in [-0.25, -0.2) is 0 Å². The predicted octanol–water partition coefficient (Wildman–Crippen LogP) is 3.99. The highest BCUT2D eigenvalue weighted by Gasteiger charge is 2.19. The fourth-order valence-corrected chi connectivity index (χ4v) is 2.95. The van der Waals surface area contributed by atoms with E-state index in [1.54, 1.807) is 6.20 Å². The quantitative estimate of drug-likeness (QED) is 0.822. The molecule has 1 aliphatic rings. The summed E-state index contributed by atoms with van der Waals surface area (Å²) in [6, 6.07) is 3.81. The van der Waals surface area contributed by atoms with E-state index >= 15 is 0 Å². The van der Waals surface area contributed by atoms with Gasteiger partial charge in [0, 0.05) is 17.8 Å². The maximum atomic E-state index is 6.00. The Bertz CT molecular complexity index is 379. The normalized spacial score (nSPS) is 22.1. The molecule has 0 amide bonds. The highest BCUT2D eigenvalue weighted by molar-refractivity contribution is 6.30. The van der Waals surface area contributed by atoms with E-state index in [0.29, 0.717) is 0 Å². The van der Waals surface area contributed by atoms with Gasteiger partial charge in [0.15, 0.2) is 0 Å². The molecule has 1 fully saturated rings. The molecule has 3 heteroatoms. The number of hydrogen-bond acceptors (Lipinski definition) is 2. The van der Waals surface area contributed by atoms with Crippen molar-refractivity contribution >= 4 is 11.6 Å². The molecule has 1 aliphatic heterocycles. The van der Waals surface area contributed by atoms with Crippen LogP contribution in [0.2, 0.25) is 5.02 Å². The van der Waals surface area contributed by atoms with Gasteiger partial charge in [-0.3, -0.25) is 9.88 Å². The summed E-state index contributed by atoms with van der Waals surface area (Å²) in [6.07, 6.45) is 5.80. The maximum absolute atomic E-state index is 6.00. The number of aromatic nitrogens is 1. The molecule has 2 nitrogen and oxygen atoms in total. The average molecular weight is 267 g/mol. The standard InChI is InChI=1S/C15H23ClN2/c1-12(2)13-4-3-8-18(9-6-13)11-15-10-14(16)5-7-17-15/h5,7,10,12-13H,3-4,6,8-9,11H2,1-2H3. The van der Waals surface area contributed by atoms with Crippen molar-refractivity contribution in [1.29, 1.82) is 0 Å². The molecule has 0 aromatic carbocycles. The first-order valence-electron chi connectivity index (χ1n) is 6.98. The minimum absolute atomic E-state index is 0.787. The summed E-state index contributed by atoms with van der Waals surface area (Å²) in [5.74, 6) is 1.71. The molecule has 0 aliphatic carbocycles. The number of rotatable bonds is 3. The third-order valence-corrected chi connectivity index (χ3v) is 4.21. The highest BCUT2D eigenvalue weighted by atomic mass is 35.5. The van der Waals surface area contributed by atoms with Crippen LogP contribution in [-0.4, -0.2) is 23.0 Å². The lowest BCUT2D eigenvalue weighted by Gasteiger charge is -2.20. The second-order valence-corrected chi connectivity index (χ2v) is 6.11. The second-order valence-electron chi connectivity index (χ2n) is 5.68. The molecule has 0 saturated carbocycles. The van der Waals surface area contributed by atoms with Crippen LogP contribution in [0.3, 0.4) is 0 Å². The fourth-order valence-electron chi connectivity index (χ4n) is 2.77. The van der Waals surface area contributed by atoms with Gasteiger partial charge in [-0.2, -0.15) is 0 Å². The topological polar surface area (TPSA) is 16.1 Å². The van der Waals surface area contributed by atoms with Gasteiger partial charge in [0.25, 0.3) is 0 Å². The third kappa shape index (κ3) is 3.96. The van der Waals surface area contributed by atoms with Crippen molar-refractivity contribution in [3.05, 3.63) is 29.0 Å². The minimum atomic E-state index is 0.787. The summed E-state index contributed by atoms with van der Waals surface area (Å²) in [5.41, 5.74) is 1.09. The molecular formula is C15H23ClN2. The highest BCUT2D eigenvalue weighted by Crippen LogP contribution is 2.25. The van der Waals surface area contributed by atoms with Crippen LogP contribution in [0.4, 0.5) is 0 Å². The van der Waals surface area contributed by atoms with Gasteiger partial charge in [-0.1, -0.05) is 25.4 Å². The molecule has 18 heavy (non-hydrogen) atoms. The van der Waals surface area contributed by atoms with E-state index in [-0.39, 0.29) is 0 Å². The van der Waals surface area contributed by atoms with Gasteiger partial charge in [0.05, 0.1) is 5.69 Å². The van der Waals surface area contributed by atoms with Crippen LogP contribution in [0.1, 0.15) is 38.8 Å². The summed E-state index contributed by atoms with van der Waals surface area (Å²) >= 11 is 6.00. The lowest BCUT2D eigenvalue weighted by molar-refractivity contribution is 0.262. The molecule has 0 N–H and O–H groups in total. The summed E-state index contributed by atoms with van der Waals surface area (Å²) in [4.78, 5) is 6.91. The second kappa shape index (κ2) is 6.53. The van der Waals surface area contributed by atoms with Crippen molar-refractivity contribution < 1.29 is 0 Å². The molecule has 0 bridgehead atoms. The zero-order valence-corrected chi connectivity index (χ0v) is 12.2. The fraction of sp³-hybridized carbons (Fsp3) is 0.667. The van der Waals surface area contributed by atoms with Gasteiger partial charge in [-0.15, -0.1) is 0 Å². The molecule has 2 rings (SSSR count). The summed E-state index contributed by atoms with van der Waals surface area (Å²) < 4.78 is 0. The van der Waals surface area contributed by atoms with E-state index in [1.165, 1.54) is 32.4 Å². The first kappa shape index (κ1) is 13.8. The van der Waals surface area contributed by atoms with Gasteiger partial charge >= 0.3 is 0 Å². The molecule has 1 saturated heterocycles. The van der Waals surface area contributed by atoms with Gasteiger partial charge in [0.1, 0.15) is 0 Å². The van der Waals surface area contributed by atoms with Crippen LogP contribution in [0, 0.1) is 11.8 Å². The van der Waals surface area contributed by atoms with Crippen LogP contribution >= 0.6 is 11.6 Å². The molecule has 1 unspecified atom stereocenters. The molecule has 0 spiro atoms. The van der Waals surface area contributed by atoms with Crippen LogP contribution in [0.5, 0.6) is 0 Å². The smallest absolute Gasteiger partial charge is 0.0558 e. The number of halogens is 1. The van der Waals surface area contributed by atoms with E-state index < -0.39 is 0 Å². The number of likely N-dealkylation sites (tertiary alicyclic amines) is 1. The van der Waals surface area contributed by atoms with Crippen molar-refractivity contribution in [1.82, 2.24) is 9.88 Å². The Morgan fingerprint density at radius 2 is 2.22 bits per heavy atom. The van der Waals surface area contributed by atoms with Crippen molar-refractivity contribution in [3.63, 3.8) is 0 Å². The van der Waals surface area contributed by atoms with Gasteiger partial charge < -0.3 is 0 Å². The summed E-state index contributed by atoms with van der Waals surface area (Å²) in [5, 5.41) is 0.787. The predicted molar refractivity (Wildman–Crippen MR) is 76.7 cm³/mol. The van der Waals surface area contributed by atoms with Crippen LogP contribution in [0.25, 0.3) is 0 Å². The third-order valence-electron chi connectivity index (χ3n) is 3.97. The van der Waals surface area contributed by atoms with E-state index in [4.69, 9.17) is 11.6 Å². The van der Waals surface area contributed by atoms with Crippen molar-refractivity contribution in [2.45, 2.75) is 39.7 Å². The Hall–Kier alpha value is -0.600. The van der Waals surface area contributed by atoms with Gasteiger partial charge in [-0.05, 0) is 56.3 Å². The first-order valence-corrected chi connectivity index (χ1v) is 7.35. The van der Waals surface area contributed by atoms with E-state index in [2.05, 4.69) is 23.7 Å². The van der Waals surface area contributed by atoms with Crippen LogP contribution in [-0.2, 0) is 6.54 Å². The van der Waals surface area contributed by atoms with Crippen LogP contribution in [0.15, 0.2) is 18.3 Å². The van der Waals surface area contributed by atoms with Crippen molar-refractivity contribution in [2.24, 2.45) is 11.8 Å². The van der Waals surface area contributed by atoms with Gasteiger partial charge in [0.2, 0.25) is 0 Å². The lowest BCUT2D eigenvalue weighted by Crippen LogP contribution is -2.25. The summed E-state index contributed by atoms with van der Waals surface area (Å²) in [7, 11) is 0. The zero-order chi connectivity index (χ0) is 13.0. The molecule has 2 heterocycles. The van der Waals surface area contributed by atoms with Crippen molar-refractivity contribution in [3.8, 4) is 0 Å². The Labute approximate surface area is 115 Å². The maximum Gasteiger partial charge on any atom is 0.0558 e. The molecule has 1 aromatic rings. The molecule has 0 radical (unpaired) electrons. The number of hydrogen-bond donors (Lipinski definition) is 0. The average Bonchev–Trinajstić information content (AvgIpc) is 2.55. The monoisotopic (exact) mass is 266 g/mol. The molecular weight excluding hydrogens is 244 g/mol. The SMILES string of the molecule is CC(C)C1CCCN(Cc2cc(Cl)ccn2)CC1. The van der Waals surface area contributed by atoms with E-state index in [0.717, 1.165) is 29.1 Å². The number of pyridine rings is 1. The molecule has 1 aromatic heterocycles. The van der Waals surface area contributed by atoms with Crippen LogP contribution < -0.4 is 0 Å². The Balaban J connectivity index is 1.91. The Morgan fingerprint density at radius 1 is 1.39 bits per heavy atom. The van der Waals surface area contributed by atoms with E-state index in [9.17, 15) is 0 Å². The van der Waals surface area contributed by atoms with E-state index in [1.807, 2.05) is 12.1 Å².